The van der Waals surface area contributed by atoms with Crippen molar-refractivity contribution in [2.75, 3.05) is 5.43 Å². The Kier molecular flexibility index (Phi) is 4.24. The first kappa shape index (κ1) is 14.3. The van der Waals surface area contributed by atoms with Crippen LogP contribution in [0.3, 0.4) is 0 Å². The van der Waals surface area contributed by atoms with E-state index in [1.807, 2.05) is 30.3 Å². The van der Waals surface area contributed by atoms with Crippen molar-refractivity contribution in [1.29, 1.82) is 0 Å². The third kappa shape index (κ3) is 2.91. The maximum absolute atomic E-state index is 11.8. The van der Waals surface area contributed by atoms with Crippen molar-refractivity contribution in [3.05, 3.63) is 56.5 Å². The average Bonchev–Trinajstić information content (AvgIpc) is 2.44. The van der Waals surface area contributed by atoms with Gasteiger partial charge in [0, 0.05) is 0 Å². The van der Waals surface area contributed by atoms with Crippen LogP contribution in [0.4, 0.5) is 5.69 Å². The molecule has 0 saturated heterocycles. The van der Waals surface area contributed by atoms with Gasteiger partial charge in [-0.15, -0.1) is 0 Å². The van der Waals surface area contributed by atoms with E-state index < -0.39 is 5.63 Å². The third-order valence-corrected chi connectivity index (χ3v) is 3.63. The highest BCUT2D eigenvalue weighted by molar-refractivity contribution is 9.10. The predicted molar refractivity (Wildman–Crippen MR) is 81.4 cm³/mol. The molecule has 0 aliphatic rings. The average molecular weight is 337 g/mol. The van der Waals surface area contributed by atoms with Gasteiger partial charge in [-0.2, -0.15) is 5.10 Å². The molecule has 20 heavy (non-hydrogen) atoms. The van der Waals surface area contributed by atoms with Gasteiger partial charge in [-0.1, -0.05) is 18.2 Å². The van der Waals surface area contributed by atoms with Crippen LogP contribution in [0.15, 0.2) is 49.1 Å². The number of aryl methyl sites for hydroxylation is 1. The highest BCUT2D eigenvalue weighted by Crippen LogP contribution is 2.29. The number of para-hydroxylation sites is 1. The quantitative estimate of drug-likeness (QED) is 0.666. The Morgan fingerprint density at radius 1 is 1.35 bits per heavy atom. The van der Waals surface area contributed by atoms with Crippen molar-refractivity contribution in [2.24, 2.45) is 5.10 Å². The molecule has 6 heteroatoms. The van der Waals surface area contributed by atoms with Crippen LogP contribution in [-0.4, -0.2) is 10.8 Å². The van der Waals surface area contributed by atoms with Gasteiger partial charge in [-0.3, -0.25) is 5.43 Å². The first-order chi connectivity index (χ1) is 9.50. The van der Waals surface area contributed by atoms with Gasteiger partial charge in [0.1, 0.15) is 17.1 Å². The van der Waals surface area contributed by atoms with Crippen LogP contribution in [-0.2, 0) is 0 Å². The summed E-state index contributed by atoms with van der Waals surface area (Å²) >= 11 is 3.17. The summed E-state index contributed by atoms with van der Waals surface area (Å²) in [6, 6.07) is 9.29. The first-order valence-corrected chi connectivity index (χ1v) is 6.68. The van der Waals surface area contributed by atoms with Crippen LogP contribution in [0.25, 0.3) is 0 Å². The molecule has 2 rings (SSSR count). The molecule has 1 aromatic heterocycles. The van der Waals surface area contributed by atoms with Crippen molar-refractivity contribution < 1.29 is 9.52 Å². The number of hydrazone groups is 1. The lowest BCUT2D eigenvalue weighted by atomic mass is 10.2. The van der Waals surface area contributed by atoms with Crippen LogP contribution in [0, 0.1) is 6.92 Å². The van der Waals surface area contributed by atoms with Crippen molar-refractivity contribution >= 4 is 27.3 Å². The van der Waals surface area contributed by atoms with Crippen LogP contribution in [0.5, 0.6) is 5.75 Å². The van der Waals surface area contributed by atoms with E-state index in [9.17, 15) is 9.90 Å². The molecule has 5 nitrogen and oxygen atoms in total. The number of halogens is 1. The molecular formula is C14H13BrN2O3. The maximum Gasteiger partial charge on any atom is 0.349 e. The van der Waals surface area contributed by atoms with Crippen molar-refractivity contribution in [3.63, 3.8) is 0 Å². The summed E-state index contributed by atoms with van der Waals surface area (Å²) in [6.45, 7) is 3.20. The predicted octanol–water partition coefficient (Wildman–Crippen LogP) is 3.25. The molecule has 0 amide bonds. The van der Waals surface area contributed by atoms with Crippen LogP contribution >= 0.6 is 15.9 Å². The van der Waals surface area contributed by atoms with Gasteiger partial charge in [0.05, 0.1) is 15.9 Å². The van der Waals surface area contributed by atoms with E-state index in [1.165, 1.54) is 0 Å². The number of rotatable bonds is 3. The minimum absolute atomic E-state index is 0.0332. The Labute approximate surface area is 124 Å². The van der Waals surface area contributed by atoms with E-state index in [-0.39, 0.29) is 11.3 Å². The number of anilines is 1. The van der Waals surface area contributed by atoms with Crippen LogP contribution < -0.4 is 11.1 Å². The lowest BCUT2D eigenvalue weighted by Crippen LogP contribution is -2.15. The summed E-state index contributed by atoms with van der Waals surface area (Å²) in [4.78, 5) is 11.8. The molecule has 0 aliphatic heterocycles. The Balaban J connectivity index is 2.37. The largest absolute Gasteiger partial charge is 0.506 e. The molecule has 0 saturated carbocycles. The van der Waals surface area contributed by atoms with E-state index in [1.54, 1.807) is 13.8 Å². The van der Waals surface area contributed by atoms with E-state index in [4.69, 9.17) is 4.42 Å². The Morgan fingerprint density at radius 3 is 2.65 bits per heavy atom. The van der Waals surface area contributed by atoms with Crippen molar-refractivity contribution in [1.82, 2.24) is 0 Å². The number of hydrogen-bond acceptors (Lipinski definition) is 5. The Morgan fingerprint density at radius 2 is 2.00 bits per heavy atom. The van der Waals surface area contributed by atoms with Gasteiger partial charge in [0.15, 0.2) is 0 Å². The SMILES string of the molecule is C/C(=N\Nc1ccccc1)c1c(O)c(Br)c(C)oc1=O. The van der Waals surface area contributed by atoms with Gasteiger partial charge in [0.25, 0.3) is 0 Å². The lowest BCUT2D eigenvalue weighted by Gasteiger charge is -2.07. The summed E-state index contributed by atoms with van der Waals surface area (Å²) in [5.74, 6) is 0.148. The fraction of sp³-hybridized carbons (Fsp3) is 0.143. The number of benzene rings is 1. The number of nitrogens with zero attached hydrogens (tertiary/aromatic N) is 1. The fourth-order valence-corrected chi connectivity index (χ4v) is 1.92. The lowest BCUT2D eigenvalue weighted by molar-refractivity contribution is 0.426. The summed E-state index contributed by atoms with van der Waals surface area (Å²) in [5, 5.41) is 14.1. The first-order valence-electron chi connectivity index (χ1n) is 5.88. The fourth-order valence-electron chi connectivity index (χ4n) is 1.64. The molecule has 104 valence electrons. The molecule has 2 aromatic rings. The van der Waals surface area contributed by atoms with Crippen LogP contribution in [0.2, 0.25) is 0 Å². The zero-order valence-corrected chi connectivity index (χ0v) is 12.6. The second-order valence-electron chi connectivity index (χ2n) is 4.16. The second kappa shape index (κ2) is 5.92. The van der Waals surface area contributed by atoms with E-state index in [0.717, 1.165) is 5.69 Å². The minimum Gasteiger partial charge on any atom is -0.506 e. The zero-order chi connectivity index (χ0) is 14.7. The second-order valence-corrected chi connectivity index (χ2v) is 4.95. The summed E-state index contributed by atoms with van der Waals surface area (Å²) < 4.78 is 5.37. The highest BCUT2D eigenvalue weighted by Gasteiger charge is 2.17. The van der Waals surface area contributed by atoms with Gasteiger partial charge in [-0.25, -0.2) is 4.79 Å². The topological polar surface area (TPSA) is 74.8 Å². The van der Waals surface area contributed by atoms with Gasteiger partial charge < -0.3 is 9.52 Å². The Hall–Kier alpha value is -2.08. The Bertz CT molecular complexity index is 708. The van der Waals surface area contributed by atoms with Crippen LogP contribution in [0.1, 0.15) is 18.2 Å². The number of hydrogen-bond donors (Lipinski definition) is 2. The van der Waals surface area contributed by atoms with Crippen molar-refractivity contribution in [3.8, 4) is 5.75 Å². The molecular weight excluding hydrogens is 324 g/mol. The molecule has 0 spiro atoms. The standard InChI is InChI=1S/C14H13BrN2O3/c1-8(16-17-10-6-4-3-5-7-10)11-13(18)12(15)9(2)20-14(11)19/h3-7,17-18H,1-2H3/b16-8+. The molecule has 0 unspecified atom stereocenters. The smallest absolute Gasteiger partial charge is 0.349 e. The zero-order valence-electron chi connectivity index (χ0n) is 11.0. The maximum atomic E-state index is 11.8. The number of nitrogens with one attached hydrogen (secondary N) is 1. The van der Waals surface area contributed by atoms with Gasteiger partial charge in [0.2, 0.25) is 0 Å². The minimum atomic E-state index is -0.626. The van der Waals surface area contributed by atoms with Crippen molar-refractivity contribution in [2.45, 2.75) is 13.8 Å². The summed E-state index contributed by atoms with van der Waals surface area (Å²) in [6.07, 6.45) is 0. The van der Waals surface area contributed by atoms with E-state index >= 15 is 0 Å². The summed E-state index contributed by atoms with van der Waals surface area (Å²) in [5.41, 5.74) is 3.33. The molecule has 1 heterocycles. The van der Waals surface area contributed by atoms with E-state index in [0.29, 0.717) is 15.9 Å². The molecule has 0 bridgehead atoms. The van der Waals surface area contributed by atoms with E-state index in [2.05, 4.69) is 26.5 Å². The normalized spacial score (nSPS) is 11.4. The summed E-state index contributed by atoms with van der Waals surface area (Å²) in [7, 11) is 0. The molecule has 0 fully saturated rings. The molecule has 0 atom stereocenters. The molecule has 0 aliphatic carbocycles. The monoisotopic (exact) mass is 336 g/mol. The number of aromatic hydroxyl groups is 1. The van der Waals surface area contributed by atoms with Gasteiger partial charge in [-0.05, 0) is 41.9 Å². The molecule has 1 aromatic carbocycles. The highest BCUT2D eigenvalue weighted by atomic mass is 79.9. The molecule has 2 N–H and O–H groups in total. The molecule has 0 radical (unpaired) electrons. The van der Waals surface area contributed by atoms with Gasteiger partial charge >= 0.3 is 5.63 Å². The third-order valence-electron chi connectivity index (χ3n) is 2.69.